The third kappa shape index (κ3) is 3.68. The summed E-state index contributed by atoms with van der Waals surface area (Å²) in [5.41, 5.74) is 0. The Morgan fingerprint density at radius 2 is 2.13 bits per heavy atom. The SMILES string of the molecule is O=C(CC1CCNC1)NC1CCSCC1. The van der Waals surface area contributed by atoms with Crippen LogP contribution >= 0.6 is 11.8 Å². The molecular weight excluding hydrogens is 208 g/mol. The first-order valence-electron chi connectivity index (χ1n) is 5.92. The maximum atomic E-state index is 11.7. The van der Waals surface area contributed by atoms with E-state index in [1.54, 1.807) is 0 Å². The number of rotatable bonds is 3. The number of nitrogens with one attached hydrogen (secondary N) is 2. The van der Waals surface area contributed by atoms with E-state index in [0.29, 0.717) is 12.0 Å². The van der Waals surface area contributed by atoms with Gasteiger partial charge in [0.05, 0.1) is 0 Å². The molecule has 2 aliphatic rings. The Labute approximate surface area is 95.8 Å². The average molecular weight is 228 g/mol. The molecule has 0 spiro atoms. The van der Waals surface area contributed by atoms with Gasteiger partial charge >= 0.3 is 0 Å². The van der Waals surface area contributed by atoms with Gasteiger partial charge in [-0.1, -0.05) is 0 Å². The van der Waals surface area contributed by atoms with Crippen LogP contribution in [0, 0.1) is 5.92 Å². The van der Waals surface area contributed by atoms with Crippen LogP contribution in [-0.4, -0.2) is 36.5 Å². The fraction of sp³-hybridized carbons (Fsp3) is 0.909. The monoisotopic (exact) mass is 228 g/mol. The molecular formula is C11H20N2OS. The van der Waals surface area contributed by atoms with Crippen LogP contribution in [0.1, 0.15) is 25.7 Å². The lowest BCUT2D eigenvalue weighted by Gasteiger charge is -2.23. The fourth-order valence-corrected chi connectivity index (χ4v) is 3.39. The highest BCUT2D eigenvalue weighted by Gasteiger charge is 2.20. The number of carbonyl (C=O) groups excluding carboxylic acids is 1. The second-order valence-electron chi connectivity index (χ2n) is 4.52. The van der Waals surface area contributed by atoms with Crippen LogP contribution in [0.4, 0.5) is 0 Å². The molecule has 0 aliphatic carbocycles. The fourth-order valence-electron chi connectivity index (χ4n) is 2.28. The molecule has 0 aromatic heterocycles. The lowest BCUT2D eigenvalue weighted by atomic mass is 10.0. The molecule has 2 aliphatic heterocycles. The highest BCUT2D eigenvalue weighted by molar-refractivity contribution is 7.99. The minimum absolute atomic E-state index is 0.264. The Balaban J connectivity index is 1.66. The molecule has 86 valence electrons. The minimum atomic E-state index is 0.264. The smallest absolute Gasteiger partial charge is 0.220 e. The van der Waals surface area contributed by atoms with Crippen molar-refractivity contribution in [3.05, 3.63) is 0 Å². The van der Waals surface area contributed by atoms with Gasteiger partial charge in [0.15, 0.2) is 0 Å². The van der Waals surface area contributed by atoms with Crippen molar-refractivity contribution in [3.63, 3.8) is 0 Å². The van der Waals surface area contributed by atoms with E-state index in [1.807, 2.05) is 11.8 Å². The molecule has 2 rings (SSSR count). The van der Waals surface area contributed by atoms with Crippen LogP contribution in [0.3, 0.4) is 0 Å². The first kappa shape index (κ1) is 11.3. The number of hydrogen-bond acceptors (Lipinski definition) is 3. The summed E-state index contributed by atoms with van der Waals surface area (Å²) in [7, 11) is 0. The van der Waals surface area contributed by atoms with Crippen molar-refractivity contribution in [2.75, 3.05) is 24.6 Å². The molecule has 1 amide bonds. The Hall–Kier alpha value is -0.220. The Morgan fingerprint density at radius 1 is 1.33 bits per heavy atom. The molecule has 1 atom stereocenters. The third-order valence-electron chi connectivity index (χ3n) is 3.22. The van der Waals surface area contributed by atoms with E-state index in [-0.39, 0.29) is 5.91 Å². The van der Waals surface area contributed by atoms with E-state index in [9.17, 15) is 4.79 Å². The van der Waals surface area contributed by atoms with E-state index in [4.69, 9.17) is 0 Å². The van der Waals surface area contributed by atoms with Gasteiger partial charge in [-0.3, -0.25) is 4.79 Å². The molecule has 0 bridgehead atoms. The van der Waals surface area contributed by atoms with E-state index in [2.05, 4.69) is 10.6 Å². The summed E-state index contributed by atoms with van der Waals surface area (Å²) in [6, 6.07) is 0.452. The van der Waals surface area contributed by atoms with Gasteiger partial charge in [-0.25, -0.2) is 0 Å². The predicted molar refractivity (Wildman–Crippen MR) is 64.1 cm³/mol. The van der Waals surface area contributed by atoms with Crippen molar-refractivity contribution in [1.82, 2.24) is 10.6 Å². The Kier molecular flexibility index (Phi) is 4.32. The zero-order chi connectivity index (χ0) is 10.5. The summed E-state index contributed by atoms with van der Waals surface area (Å²) in [5, 5.41) is 6.46. The van der Waals surface area contributed by atoms with Crippen LogP contribution in [0.2, 0.25) is 0 Å². The zero-order valence-corrected chi connectivity index (χ0v) is 9.94. The summed E-state index contributed by atoms with van der Waals surface area (Å²) in [6.45, 7) is 2.10. The highest BCUT2D eigenvalue weighted by Crippen LogP contribution is 2.18. The number of thioether (sulfide) groups is 1. The molecule has 0 aromatic carbocycles. The molecule has 1 unspecified atom stereocenters. The zero-order valence-electron chi connectivity index (χ0n) is 9.13. The molecule has 0 aromatic rings. The second-order valence-corrected chi connectivity index (χ2v) is 5.74. The van der Waals surface area contributed by atoms with Crippen LogP contribution in [0.25, 0.3) is 0 Å². The van der Waals surface area contributed by atoms with Crippen LogP contribution in [0.15, 0.2) is 0 Å². The first-order chi connectivity index (χ1) is 7.34. The van der Waals surface area contributed by atoms with Crippen LogP contribution in [0.5, 0.6) is 0 Å². The summed E-state index contributed by atoms with van der Waals surface area (Å²) in [5.74, 6) is 3.25. The molecule has 2 N–H and O–H groups in total. The predicted octanol–water partition coefficient (Wildman–Crippen LogP) is 0.998. The highest BCUT2D eigenvalue weighted by atomic mass is 32.2. The van der Waals surface area contributed by atoms with E-state index < -0.39 is 0 Å². The van der Waals surface area contributed by atoms with Crippen LogP contribution in [-0.2, 0) is 4.79 Å². The topological polar surface area (TPSA) is 41.1 Å². The first-order valence-corrected chi connectivity index (χ1v) is 7.08. The van der Waals surface area contributed by atoms with Gasteiger partial charge in [-0.05, 0) is 49.8 Å². The molecule has 2 heterocycles. The summed E-state index contributed by atoms with van der Waals surface area (Å²) in [4.78, 5) is 11.7. The molecule has 0 saturated carbocycles. The summed E-state index contributed by atoms with van der Waals surface area (Å²) >= 11 is 2.00. The molecule has 4 heteroatoms. The Morgan fingerprint density at radius 3 is 2.80 bits per heavy atom. The molecule has 0 radical (unpaired) electrons. The number of hydrogen-bond donors (Lipinski definition) is 2. The lowest BCUT2D eigenvalue weighted by molar-refractivity contribution is -0.122. The van der Waals surface area contributed by atoms with Crippen molar-refractivity contribution in [2.45, 2.75) is 31.7 Å². The largest absolute Gasteiger partial charge is 0.353 e. The van der Waals surface area contributed by atoms with Crippen molar-refractivity contribution in [3.8, 4) is 0 Å². The van der Waals surface area contributed by atoms with E-state index >= 15 is 0 Å². The van der Waals surface area contributed by atoms with Crippen molar-refractivity contribution in [2.24, 2.45) is 5.92 Å². The van der Waals surface area contributed by atoms with Gasteiger partial charge < -0.3 is 10.6 Å². The van der Waals surface area contributed by atoms with Gasteiger partial charge in [0.1, 0.15) is 0 Å². The van der Waals surface area contributed by atoms with E-state index in [1.165, 1.54) is 11.5 Å². The van der Waals surface area contributed by atoms with Gasteiger partial charge in [0.2, 0.25) is 5.91 Å². The normalized spacial score (nSPS) is 27.9. The van der Waals surface area contributed by atoms with Crippen LogP contribution < -0.4 is 10.6 Å². The molecule has 15 heavy (non-hydrogen) atoms. The summed E-state index contributed by atoms with van der Waals surface area (Å²) < 4.78 is 0. The van der Waals surface area contributed by atoms with Crippen molar-refractivity contribution < 1.29 is 4.79 Å². The third-order valence-corrected chi connectivity index (χ3v) is 4.27. The minimum Gasteiger partial charge on any atom is -0.353 e. The maximum absolute atomic E-state index is 11.7. The van der Waals surface area contributed by atoms with Crippen molar-refractivity contribution in [1.29, 1.82) is 0 Å². The molecule has 3 nitrogen and oxygen atoms in total. The molecule has 2 fully saturated rings. The quantitative estimate of drug-likeness (QED) is 0.757. The number of carbonyl (C=O) groups is 1. The van der Waals surface area contributed by atoms with E-state index in [0.717, 1.165) is 38.8 Å². The second kappa shape index (κ2) is 5.75. The summed E-state index contributed by atoms with van der Waals surface area (Å²) in [6.07, 6.45) is 4.18. The maximum Gasteiger partial charge on any atom is 0.220 e. The lowest BCUT2D eigenvalue weighted by Crippen LogP contribution is -2.38. The number of amides is 1. The van der Waals surface area contributed by atoms with Gasteiger partial charge in [0.25, 0.3) is 0 Å². The van der Waals surface area contributed by atoms with Gasteiger partial charge in [0, 0.05) is 12.5 Å². The van der Waals surface area contributed by atoms with Gasteiger partial charge in [-0.15, -0.1) is 0 Å². The van der Waals surface area contributed by atoms with Crippen molar-refractivity contribution >= 4 is 17.7 Å². The average Bonchev–Trinajstić information content (AvgIpc) is 2.71. The molecule has 2 saturated heterocycles. The van der Waals surface area contributed by atoms with Gasteiger partial charge in [-0.2, -0.15) is 11.8 Å². The Bertz CT molecular complexity index is 211. The standard InChI is InChI=1S/C11H20N2OS/c14-11(7-9-1-4-12-8-9)13-10-2-5-15-6-3-10/h9-10,12H,1-8H2,(H,13,14).